The van der Waals surface area contributed by atoms with Crippen molar-refractivity contribution in [2.75, 3.05) is 46.9 Å². The van der Waals surface area contributed by atoms with Crippen LogP contribution in [0, 0.1) is 5.82 Å². The van der Waals surface area contributed by atoms with E-state index in [1.165, 1.54) is 12.1 Å². The predicted molar refractivity (Wildman–Crippen MR) is 106 cm³/mol. The number of nitrogens with one attached hydrogen (secondary N) is 1. The van der Waals surface area contributed by atoms with Gasteiger partial charge in [-0.25, -0.2) is 4.39 Å². The number of nitrogens with zero attached hydrogens (tertiary/aromatic N) is 2. The van der Waals surface area contributed by atoms with Crippen molar-refractivity contribution < 1.29 is 18.7 Å². The number of carbonyl (C=O) groups excluding carboxylic acids is 2. The number of hydrogen-bond acceptors (Lipinski definition) is 4. The molecule has 1 saturated heterocycles. The number of likely N-dealkylation sites (N-methyl/N-ethyl adjacent to an activating group) is 1. The van der Waals surface area contributed by atoms with E-state index in [9.17, 15) is 14.0 Å². The minimum absolute atomic E-state index is 0.0365. The van der Waals surface area contributed by atoms with Gasteiger partial charge < -0.3 is 19.9 Å². The van der Waals surface area contributed by atoms with Crippen molar-refractivity contribution in [3.8, 4) is 0 Å². The number of benzene rings is 2. The summed E-state index contributed by atoms with van der Waals surface area (Å²) < 4.78 is 19.0. The highest BCUT2D eigenvalue weighted by molar-refractivity contribution is 6.07. The number of ether oxygens (including phenoxy) is 1. The number of carbonyl (C=O) groups is 2. The molecule has 150 valence electrons. The van der Waals surface area contributed by atoms with E-state index in [1.54, 1.807) is 36.3 Å². The zero-order chi connectivity index (χ0) is 20.1. The largest absolute Gasteiger partial charge is 0.383 e. The molecule has 0 bridgehead atoms. The molecule has 1 fully saturated rings. The van der Waals surface area contributed by atoms with E-state index < -0.39 is 0 Å². The van der Waals surface area contributed by atoms with Crippen molar-refractivity contribution in [1.29, 1.82) is 0 Å². The average Bonchev–Trinajstić information content (AvgIpc) is 3.04. The van der Waals surface area contributed by atoms with Gasteiger partial charge in [-0.1, -0.05) is 24.3 Å². The van der Waals surface area contributed by atoms with Crippen LogP contribution in [0.3, 0.4) is 0 Å². The van der Waals surface area contributed by atoms with Crippen LogP contribution in [0.25, 0.3) is 10.8 Å². The number of amides is 2. The van der Waals surface area contributed by atoms with Gasteiger partial charge in [0.25, 0.3) is 5.91 Å². The highest BCUT2D eigenvalue weighted by Gasteiger charge is 2.30. The molecule has 1 aliphatic rings. The van der Waals surface area contributed by atoms with E-state index in [2.05, 4.69) is 10.2 Å². The van der Waals surface area contributed by atoms with Gasteiger partial charge in [0.05, 0.1) is 12.6 Å². The van der Waals surface area contributed by atoms with Crippen molar-refractivity contribution in [3.05, 3.63) is 47.8 Å². The van der Waals surface area contributed by atoms with E-state index in [0.717, 1.165) is 13.1 Å². The van der Waals surface area contributed by atoms with E-state index in [-0.39, 0.29) is 30.1 Å². The minimum Gasteiger partial charge on any atom is -0.383 e. The topological polar surface area (TPSA) is 61.9 Å². The van der Waals surface area contributed by atoms with Crippen molar-refractivity contribution in [2.45, 2.75) is 12.5 Å². The number of halogens is 1. The van der Waals surface area contributed by atoms with Gasteiger partial charge in [-0.05, 0) is 24.6 Å². The summed E-state index contributed by atoms with van der Waals surface area (Å²) in [6.45, 7) is 3.30. The summed E-state index contributed by atoms with van der Waals surface area (Å²) in [7, 11) is 3.65. The van der Waals surface area contributed by atoms with Crippen LogP contribution in [0.1, 0.15) is 16.8 Å². The highest BCUT2D eigenvalue weighted by Crippen LogP contribution is 2.22. The van der Waals surface area contributed by atoms with Crippen LogP contribution in [-0.2, 0) is 9.53 Å². The summed E-state index contributed by atoms with van der Waals surface area (Å²) in [5.74, 6) is -0.602. The summed E-state index contributed by atoms with van der Waals surface area (Å²) in [5, 5.41) is 3.92. The molecule has 1 atom stereocenters. The lowest BCUT2D eigenvalue weighted by Gasteiger charge is -2.22. The molecule has 28 heavy (non-hydrogen) atoms. The summed E-state index contributed by atoms with van der Waals surface area (Å²) in [6.07, 6.45) is 0.284. The molecule has 2 amide bonds. The van der Waals surface area contributed by atoms with Gasteiger partial charge in [-0.15, -0.1) is 0 Å². The second-order valence-corrected chi connectivity index (χ2v) is 7.15. The third-order valence-electron chi connectivity index (χ3n) is 5.09. The first kappa shape index (κ1) is 20.2. The summed E-state index contributed by atoms with van der Waals surface area (Å²) in [4.78, 5) is 28.9. The zero-order valence-electron chi connectivity index (χ0n) is 16.3. The molecule has 6 nitrogen and oxygen atoms in total. The second-order valence-electron chi connectivity index (χ2n) is 7.15. The molecule has 1 aliphatic heterocycles. The Morgan fingerprint density at radius 1 is 1.25 bits per heavy atom. The maximum absolute atomic E-state index is 14.0. The Balaban J connectivity index is 1.60. The number of methoxy groups -OCH3 is 1. The van der Waals surface area contributed by atoms with Crippen LogP contribution in [0.2, 0.25) is 0 Å². The van der Waals surface area contributed by atoms with Gasteiger partial charge in [0.2, 0.25) is 5.91 Å². The van der Waals surface area contributed by atoms with E-state index >= 15 is 0 Å². The molecule has 0 aromatic heterocycles. The van der Waals surface area contributed by atoms with Crippen LogP contribution >= 0.6 is 0 Å². The third-order valence-corrected chi connectivity index (χ3v) is 5.09. The monoisotopic (exact) mass is 387 g/mol. The lowest BCUT2D eigenvalue weighted by Crippen LogP contribution is -2.39. The van der Waals surface area contributed by atoms with Crippen LogP contribution in [0.15, 0.2) is 36.4 Å². The number of fused-ring (bicyclic) bond motifs is 1. The fraction of sp³-hybridized carbons (Fsp3) is 0.429. The van der Waals surface area contributed by atoms with Crippen molar-refractivity contribution >= 4 is 22.6 Å². The Kier molecular flexibility index (Phi) is 6.59. The zero-order valence-corrected chi connectivity index (χ0v) is 16.3. The first-order chi connectivity index (χ1) is 13.5. The standard InChI is InChI=1S/C21H26FN3O3/c1-24(11-12-28-2)9-10-25-14-15(13-20(25)26)23-21(27)18-7-8-19(22)17-6-4-3-5-16(17)18/h3-8,15H,9-14H2,1-2H3,(H,23,27). The minimum atomic E-state index is -0.355. The van der Waals surface area contributed by atoms with Gasteiger partial charge >= 0.3 is 0 Å². The van der Waals surface area contributed by atoms with Gasteiger partial charge in [0, 0.05) is 50.7 Å². The van der Waals surface area contributed by atoms with Crippen LogP contribution in [-0.4, -0.2) is 74.6 Å². The summed E-state index contributed by atoms with van der Waals surface area (Å²) in [6, 6.07) is 9.46. The SMILES string of the molecule is COCCN(C)CCN1CC(NC(=O)c2ccc(F)c3ccccc23)CC1=O. The first-order valence-corrected chi connectivity index (χ1v) is 9.43. The molecular weight excluding hydrogens is 361 g/mol. The van der Waals surface area contributed by atoms with Gasteiger partial charge in [0.1, 0.15) is 5.82 Å². The quantitative estimate of drug-likeness (QED) is 0.752. The van der Waals surface area contributed by atoms with Gasteiger partial charge in [-0.3, -0.25) is 9.59 Å². The van der Waals surface area contributed by atoms with Crippen LogP contribution < -0.4 is 5.32 Å². The lowest BCUT2D eigenvalue weighted by molar-refractivity contribution is -0.127. The Hall–Kier alpha value is -2.51. The molecule has 7 heteroatoms. The fourth-order valence-corrected chi connectivity index (χ4v) is 3.46. The molecule has 1 unspecified atom stereocenters. The van der Waals surface area contributed by atoms with Gasteiger partial charge in [-0.2, -0.15) is 0 Å². The summed E-state index contributed by atoms with van der Waals surface area (Å²) in [5.41, 5.74) is 0.419. The molecule has 0 spiro atoms. The number of likely N-dealkylation sites (tertiary alicyclic amines) is 1. The molecular formula is C21H26FN3O3. The molecule has 2 aromatic rings. The Bertz CT molecular complexity index is 858. The Morgan fingerprint density at radius 2 is 2.00 bits per heavy atom. The third kappa shape index (κ3) is 4.66. The Labute approximate surface area is 164 Å². The van der Waals surface area contributed by atoms with E-state index in [4.69, 9.17) is 4.74 Å². The Morgan fingerprint density at radius 3 is 2.75 bits per heavy atom. The van der Waals surface area contributed by atoms with Crippen molar-refractivity contribution in [2.24, 2.45) is 0 Å². The smallest absolute Gasteiger partial charge is 0.252 e. The molecule has 0 radical (unpaired) electrons. The second kappa shape index (κ2) is 9.12. The molecule has 0 saturated carbocycles. The maximum atomic E-state index is 14.0. The molecule has 0 aliphatic carbocycles. The fourth-order valence-electron chi connectivity index (χ4n) is 3.46. The van der Waals surface area contributed by atoms with Crippen LogP contribution in [0.5, 0.6) is 0 Å². The molecule has 2 aromatic carbocycles. The van der Waals surface area contributed by atoms with Crippen LogP contribution in [0.4, 0.5) is 4.39 Å². The molecule has 1 heterocycles. The molecule has 3 rings (SSSR count). The number of hydrogen-bond donors (Lipinski definition) is 1. The summed E-state index contributed by atoms with van der Waals surface area (Å²) >= 11 is 0. The van der Waals surface area contributed by atoms with Crippen molar-refractivity contribution in [3.63, 3.8) is 0 Å². The van der Waals surface area contributed by atoms with E-state index in [1.807, 2.05) is 7.05 Å². The maximum Gasteiger partial charge on any atom is 0.252 e. The average molecular weight is 387 g/mol. The molecule has 1 N–H and O–H groups in total. The highest BCUT2D eigenvalue weighted by atomic mass is 19.1. The predicted octanol–water partition coefficient (Wildman–Crippen LogP) is 1.89. The lowest BCUT2D eigenvalue weighted by atomic mass is 10.0. The van der Waals surface area contributed by atoms with Crippen molar-refractivity contribution in [1.82, 2.24) is 15.1 Å². The number of rotatable bonds is 8. The first-order valence-electron chi connectivity index (χ1n) is 9.43. The normalized spacial score (nSPS) is 16.9. The van der Waals surface area contributed by atoms with Gasteiger partial charge in [0.15, 0.2) is 0 Å². The van der Waals surface area contributed by atoms with E-state index in [0.29, 0.717) is 36.0 Å².